The molecule has 0 N–H and O–H groups in total. The zero-order chi connectivity index (χ0) is 23.5. The summed E-state index contributed by atoms with van der Waals surface area (Å²) in [7, 11) is -3.64. The van der Waals surface area contributed by atoms with Crippen molar-refractivity contribution in [1.29, 1.82) is 0 Å². The first-order valence-electron chi connectivity index (χ1n) is 9.20. The average molecular weight is 487 g/mol. The van der Waals surface area contributed by atoms with Gasteiger partial charge in [-0.25, -0.2) is 23.4 Å². The van der Waals surface area contributed by atoms with E-state index in [1.54, 1.807) is 31.2 Å². The Morgan fingerprint density at radius 2 is 1.75 bits per heavy atom. The molecule has 7 nitrogen and oxygen atoms in total. The first-order chi connectivity index (χ1) is 14.9. The van der Waals surface area contributed by atoms with Crippen molar-refractivity contribution in [1.82, 2.24) is 15.0 Å². The fourth-order valence-corrected chi connectivity index (χ4v) is 3.86. The maximum Gasteiger partial charge on any atom is 0.417 e. The maximum atomic E-state index is 12.6. The van der Waals surface area contributed by atoms with Crippen LogP contribution in [-0.2, 0) is 22.6 Å². The number of anilines is 1. The summed E-state index contributed by atoms with van der Waals surface area (Å²) in [6, 6.07) is 8.67. The number of ether oxygens (including phenoxy) is 1. The van der Waals surface area contributed by atoms with Gasteiger partial charge in [0.2, 0.25) is 15.9 Å². The van der Waals surface area contributed by atoms with Crippen molar-refractivity contribution in [2.45, 2.75) is 19.5 Å². The molecule has 0 unspecified atom stereocenters. The van der Waals surface area contributed by atoms with E-state index >= 15 is 0 Å². The second kappa shape index (κ2) is 9.29. The van der Waals surface area contributed by atoms with Gasteiger partial charge in [0.05, 0.1) is 17.5 Å². The van der Waals surface area contributed by atoms with Gasteiger partial charge >= 0.3 is 6.18 Å². The van der Waals surface area contributed by atoms with Gasteiger partial charge < -0.3 is 4.74 Å². The molecule has 0 amide bonds. The van der Waals surface area contributed by atoms with Gasteiger partial charge in [-0.2, -0.15) is 13.2 Å². The Bertz CT molecular complexity index is 1190. The van der Waals surface area contributed by atoms with Gasteiger partial charge in [0.25, 0.3) is 0 Å². The molecule has 12 heteroatoms. The van der Waals surface area contributed by atoms with E-state index in [2.05, 4.69) is 15.0 Å². The van der Waals surface area contributed by atoms with Gasteiger partial charge in [-0.3, -0.25) is 4.31 Å². The van der Waals surface area contributed by atoms with Gasteiger partial charge in [-0.1, -0.05) is 23.7 Å². The average Bonchev–Trinajstić information content (AvgIpc) is 2.71. The number of sulfonamides is 1. The first-order valence-corrected chi connectivity index (χ1v) is 11.4. The normalized spacial score (nSPS) is 11.9. The number of aromatic nitrogens is 3. The molecule has 0 saturated heterocycles. The lowest BCUT2D eigenvalue weighted by Crippen LogP contribution is -2.33. The van der Waals surface area contributed by atoms with Crippen molar-refractivity contribution in [3.63, 3.8) is 0 Å². The predicted octanol–water partition coefficient (Wildman–Crippen LogP) is 4.65. The summed E-state index contributed by atoms with van der Waals surface area (Å²) in [5.74, 6) is 0.494. The zero-order valence-corrected chi connectivity index (χ0v) is 18.5. The second-order valence-corrected chi connectivity index (χ2v) is 9.10. The van der Waals surface area contributed by atoms with Crippen molar-refractivity contribution >= 4 is 27.4 Å². The molecule has 0 radical (unpaired) electrons. The molecule has 32 heavy (non-hydrogen) atoms. The predicted molar refractivity (Wildman–Crippen MR) is 113 cm³/mol. The number of hydrogen-bond acceptors (Lipinski definition) is 6. The van der Waals surface area contributed by atoms with E-state index in [1.807, 2.05) is 0 Å². The summed E-state index contributed by atoms with van der Waals surface area (Å²) in [4.78, 5) is 11.6. The standard InChI is InChI=1S/C20H18ClF3N4O3S/c1-13-18(21)19(27-12-26-13)28(32(2,29)30)10-9-14-3-6-16(7-4-14)31-17-8-5-15(11-25-17)20(22,23)24/h3-8,11-12H,9-10H2,1-2H3. The molecule has 0 aliphatic rings. The maximum absolute atomic E-state index is 12.6. The third kappa shape index (κ3) is 5.86. The number of hydrogen-bond donors (Lipinski definition) is 0. The van der Waals surface area contributed by atoms with Gasteiger partial charge in [-0.15, -0.1) is 0 Å². The number of benzene rings is 1. The molecule has 2 aromatic heterocycles. The van der Waals surface area contributed by atoms with Crippen LogP contribution in [0.3, 0.4) is 0 Å². The van der Waals surface area contributed by atoms with E-state index in [9.17, 15) is 21.6 Å². The fourth-order valence-electron chi connectivity index (χ4n) is 2.73. The monoisotopic (exact) mass is 486 g/mol. The fraction of sp³-hybridized carbons (Fsp3) is 0.250. The molecule has 2 heterocycles. The van der Waals surface area contributed by atoms with Crippen LogP contribution in [0.5, 0.6) is 11.6 Å². The Morgan fingerprint density at radius 1 is 1.06 bits per heavy atom. The molecule has 3 rings (SSSR count). The van der Waals surface area contributed by atoms with Crippen LogP contribution in [-0.4, -0.2) is 36.2 Å². The Morgan fingerprint density at radius 3 is 2.31 bits per heavy atom. The zero-order valence-electron chi connectivity index (χ0n) is 17.0. The van der Waals surface area contributed by atoms with Crippen LogP contribution in [0.2, 0.25) is 5.02 Å². The van der Waals surface area contributed by atoms with Gasteiger partial charge in [0.1, 0.15) is 17.1 Å². The first kappa shape index (κ1) is 23.7. The minimum absolute atomic E-state index is 0.0165. The largest absolute Gasteiger partial charge is 0.439 e. The molecular formula is C20H18ClF3N4O3S. The number of aryl methyl sites for hydroxylation is 1. The van der Waals surface area contributed by atoms with E-state index in [4.69, 9.17) is 16.3 Å². The van der Waals surface area contributed by atoms with Gasteiger partial charge in [0, 0.05) is 18.8 Å². The van der Waals surface area contributed by atoms with E-state index in [-0.39, 0.29) is 23.3 Å². The van der Waals surface area contributed by atoms with Crippen molar-refractivity contribution in [3.8, 4) is 11.6 Å². The second-order valence-electron chi connectivity index (χ2n) is 6.81. The Labute approximate surface area is 187 Å². The molecule has 3 aromatic rings. The molecule has 0 atom stereocenters. The van der Waals surface area contributed by atoms with E-state index in [1.165, 1.54) is 6.33 Å². The molecule has 1 aromatic carbocycles. The molecule has 0 aliphatic carbocycles. The lowest BCUT2D eigenvalue weighted by Gasteiger charge is -2.22. The van der Waals surface area contributed by atoms with E-state index in [0.29, 0.717) is 24.1 Å². The highest BCUT2D eigenvalue weighted by Gasteiger charge is 2.30. The molecule has 0 spiro atoms. The van der Waals surface area contributed by atoms with Crippen LogP contribution < -0.4 is 9.04 Å². The highest BCUT2D eigenvalue weighted by atomic mass is 35.5. The van der Waals surface area contributed by atoms with Gasteiger partial charge in [0.15, 0.2) is 5.82 Å². The summed E-state index contributed by atoms with van der Waals surface area (Å²) in [5, 5.41) is 0.158. The van der Waals surface area contributed by atoms with Crippen LogP contribution in [0.15, 0.2) is 48.9 Å². The highest BCUT2D eigenvalue weighted by molar-refractivity contribution is 7.92. The molecule has 170 valence electrons. The van der Waals surface area contributed by atoms with Gasteiger partial charge in [-0.05, 0) is 37.1 Å². The van der Waals surface area contributed by atoms with Crippen LogP contribution in [0.4, 0.5) is 19.0 Å². The lowest BCUT2D eigenvalue weighted by atomic mass is 10.1. The molecule has 0 saturated carbocycles. The van der Waals surface area contributed by atoms with Crippen LogP contribution in [0, 0.1) is 6.92 Å². The van der Waals surface area contributed by atoms with Crippen LogP contribution in [0.25, 0.3) is 0 Å². The van der Waals surface area contributed by atoms with E-state index < -0.39 is 21.8 Å². The quantitative estimate of drug-likeness (QED) is 0.483. The number of pyridine rings is 1. The number of rotatable bonds is 7. The summed E-state index contributed by atoms with van der Waals surface area (Å²) in [6.07, 6.45) is -1.11. The number of alkyl halides is 3. The SMILES string of the molecule is Cc1ncnc(N(CCc2ccc(Oc3ccc(C(F)(F)F)cn3)cc2)S(C)(=O)=O)c1Cl. The van der Waals surface area contributed by atoms with E-state index in [0.717, 1.165) is 28.3 Å². The minimum atomic E-state index is -4.47. The molecule has 0 bridgehead atoms. The third-order valence-corrected chi connectivity index (χ3v) is 5.99. The summed E-state index contributed by atoms with van der Waals surface area (Å²) >= 11 is 6.19. The summed E-state index contributed by atoms with van der Waals surface area (Å²) < 4.78 is 68.9. The summed E-state index contributed by atoms with van der Waals surface area (Å²) in [6.45, 7) is 1.74. The Kier molecular flexibility index (Phi) is 6.89. The molecule has 0 aliphatic heterocycles. The smallest absolute Gasteiger partial charge is 0.417 e. The van der Waals surface area contributed by atoms with Crippen molar-refractivity contribution in [2.75, 3.05) is 17.1 Å². The Balaban J connectivity index is 1.69. The van der Waals surface area contributed by atoms with Crippen molar-refractivity contribution in [3.05, 3.63) is 70.8 Å². The number of halogens is 4. The van der Waals surface area contributed by atoms with Crippen LogP contribution >= 0.6 is 11.6 Å². The molecular weight excluding hydrogens is 469 g/mol. The Hall–Kier alpha value is -2.92. The van der Waals surface area contributed by atoms with Crippen LogP contribution in [0.1, 0.15) is 16.8 Å². The number of nitrogens with zero attached hydrogens (tertiary/aromatic N) is 4. The minimum Gasteiger partial charge on any atom is -0.439 e. The van der Waals surface area contributed by atoms with Crippen molar-refractivity contribution in [2.24, 2.45) is 0 Å². The molecule has 0 fully saturated rings. The van der Waals surface area contributed by atoms with Crippen molar-refractivity contribution < 1.29 is 26.3 Å². The highest BCUT2D eigenvalue weighted by Crippen LogP contribution is 2.30. The topological polar surface area (TPSA) is 85.3 Å². The summed E-state index contributed by atoms with van der Waals surface area (Å²) in [5.41, 5.74) is 0.395. The lowest BCUT2D eigenvalue weighted by molar-refractivity contribution is -0.137. The third-order valence-electron chi connectivity index (χ3n) is 4.39.